The molecular formula is C14H17N3S. The maximum Gasteiger partial charge on any atom is 0.192 e. The molecular weight excluding hydrogens is 242 g/mol. The van der Waals surface area contributed by atoms with Gasteiger partial charge in [-0.05, 0) is 50.4 Å². The zero-order valence-electron chi connectivity index (χ0n) is 10.9. The van der Waals surface area contributed by atoms with E-state index in [1.165, 1.54) is 10.5 Å². The highest BCUT2D eigenvalue weighted by atomic mass is 32.2. The third-order valence-corrected chi connectivity index (χ3v) is 3.49. The second kappa shape index (κ2) is 5.98. The quantitative estimate of drug-likeness (QED) is 0.857. The zero-order chi connectivity index (χ0) is 13.0. The lowest BCUT2D eigenvalue weighted by molar-refractivity contribution is 0.802. The first-order valence-corrected chi connectivity index (χ1v) is 6.73. The number of nitrogens with one attached hydrogen (secondary N) is 1. The molecule has 1 heterocycles. The number of rotatable bonds is 4. The zero-order valence-corrected chi connectivity index (χ0v) is 11.7. The van der Waals surface area contributed by atoms with E-state index in [0.29, 0.717) is 0 Å². The van der Waals surface area contributed by atoms with Gasteiger partial charge in [0.1, 0.15) is 0 Å². The molecule has 0 saturated carbocycles. The van der Waals surface area contributed by atoms with Crippen molar-refractivity contribution in [3.05, 3.63) is 47.3 Å². The van der Waals surface area contributed by atoms with E-state index in [2.05, 4.69) is 33.5 Å². The second-order valence-corrected chi connectivity index (χ2v) is 5.18. The Morgan fingerprint density at radius 1 is 1.11 bits per heavy atom. The average Bonchev–Trinajstić information content (AvgIpc) is 2.30. The molecule has 0 aliphatic heterocycles. The Morgan fingerprint density at radius 2 is 1.78 bits per heavy atom. The monoisotopic (exact) mass is 259 g/mol. The van der Waals surface area contributed by atoms with Crippen molar-refractivity contribution in [3.63, 3.8) is 0 Å². The van der Waals surface area contributed by atoms with Crippen molar-refractivity contribution in [2.75, 3.05) is 7.05 Å². The van der Waals surface area contributed by atoms with Crippen LogP contribution in [0.4, 0.5) is 0 Å². The van der Waals surface area contributed by atoms with Gasteiger partial charge in [-0.1, -0.05) is 18.2 Å². The van der Waals surface area contributed by atoms with Crippen molar-refractivity contribution >= 4 is 11.8 Å². The van der Waals surface area contributed by atoms with Crippen molar-refractivity contribution in [2.45, 2.75) is 30.4 Å². The third-order valence-electron chi connectivity index (χ3n) is 2.50. The summed E-state index contributed by atoms with van der Waals surface area (Å²) in [6, 6.07) is 10.3. The standard InChI is InChI=1S/C14H17N3S/c1-10-8-11(2)17-14(16-10)18-13-7-5-4-6-12(13)9-15-3/h4-8,15H,9H2,1-3H3. The predicted octanol–water partition coefficient (Wildman–Crippen LogP) is 2.96. The number of aromatic nitrogens is 2. The average molecular weight is 259 g/mol. The first-order chi connectivity index (χ1) is 8.69. The smallest absolute Gasteiger partial charge is 0.192 e. The maximum absolute atomic E-state index is 4.46. The molecule has 0 amide bonds. The molecule has 4 heteroatoms. The first kappa shape index (κ1) is 13.1. The van der Waals surface area contributed by atoms with Gasteiger partial charge in [-0.25, -0.2) is 9.97 Å². The molecule has 1 aromatic carbocycles. The maximum atomic E-state index is 4.46. The van der Waals surface area contributed by atoms with Crippen molar-refractivity contribution in [3.8, 4) is 0 Å². The molecule has 0 bridgehead atoms. The number of hydrogen-bond acceptors (Lipinski definition) is 4. The fourth-order valence-corrected chi connectivity index (χ4v) is 2.77. The summed E-state index contributed by atoms with van der Waals surface area (Å²) in [6.07, 6.45) is 0. The van der Waals surface area contributed by atoms with Crippen LogP contribution in [0.1, 0.15) is 17.0 Å². The predicted molar refractivity (Wildman–Crippen MR) is 74.8 cm³/mol. The molecule has 3 nitrogen and oxygen atoms in total. The summed E-state index contributed by atoms with van der Waals surface area (Å²) in [5.74, 6) is 0. The number of aryl methyl sites for hydroxylation is 2. The summed E-state index contributed by atoms with van der Waals surface area (Å²) in [5, 5.41) is 3.99. The second-order valence-electron chi connectivity index (χ2n) is 4.17. The normalized spacial score (nSPS) is 10.6. The van der Waals surface area contributed by atoms with E-state index in [1.54, 1.807) is 11.8 Å². The van der Waals surface area contributed by atoms with Gasteiger partial charge in [-0.2, -0.15) is 0 Å². The lowest BCUT2D eigenvalue weighted by atomic mass is 10.2. The highest BCUT2D eigenvalue weighted by Gasteiger charge is 2.06. The van der Waals surface area contributed by atoms with Crippen molar-refractivity contribution < 1.29 is 0 Å². The van der Waals surface area contributed by atoms with Crippen LogP contribution in [0.3, 0.4) is 0 Å². The molecule has 0 saturated heterocycles. The Hall–Kier alpha value is -1.39. The fraction of sp³-hybridized carbons (Fsp3) is 0.286. The van der Waals surface area contributed by atoms with Crippen molar-refractivity contribution in [2.24, 2.45) is 0 Å². The van der Waals surface area contributed by atoms with Gasteiger partial charge >= 0.3 is 0 Å². The number of nitrogens with zero attached hydrogens (tertiary/aromatic N) is 2. The van der Waals surface area contributed by atoms with Crippen LogP contribution in [0.2, 0.25) is 0 Å². The molecule has 2 aromatic rings. The van der Waals surface area contributed by atoms with E-state index in [1.807, 2.05) is 33.0 Å². The minimum atomic E-state index is 0.816. The lowest BCUT2D eigenvalue weighted by Gasteiger charge is -2.08. The Kier molecular flexibility index (Phi) is 4.33. The summed E-state index contributed by atoms with van der Waals surface area (Å²) >= 11 is 1.62. The van der Waals surface area contributed by atoms with E-state index in [0.717, 1.165) is 23.1 Å². The van der Waals surface area contributed by atoms with Crippen molar-refractivity contribution in [1.29, 1.82) is 0 Å². The van der Waals surface area contributed by atoms with E-state index < -0.39 is 0 Å². The number of benzene rings is 1. The Morgan fingerprint density at radius 3 is 2.44 bits per heavy atom. The van der Waals surface area contributed by atoms with E-state index in [9.17, 15) is 0 Å². The first-order valence-electron chi connectivity index (χ1n) is 5.91. The van der Waals surface area contributed by atoms with Crippen LogP contribution in [0.5, 0.6) is 0 Å². The highest BCUT2D eigenvalue weighted by molar-refractivity contribution is 7.99. The summed E-state index contributed by atoms with van der Waals surface area (Å²) in [5.41, 5.74) is 3.29. The molecule has 0 spiro atoms. The van der Waals surface area contributed by atoms with Gasteiger partial charge in [0.2, 0.25) is 0 Å². The summed E-state index contributed by atoms with van der Waals surface area (Å²) in [4.78, 5) is 10.1. The minimum Gasteiger partial charge on any atom is -0.316 e. The van der Waals surface area contributed by atoms with Crippen LogP contribution in [0.25, 0.3) is 0 Å². The number of hydrogen-bond donors (Lipinski definition) is 1. The largest absolute Gasteiger partial charge is 0.316 e. The van der Waals surface area contributed by atoms with Gasteiger partial charge in [-0.3, -0.25) is 0 Å². The van der Waals surface area contributed by atoms with Crippen LogP contribution in [-0.2, 0) is 6.54 Å². The van der Waals surface area contributed by atoms with Gasteiger partial charge in [0.05, 0.1) is 0 Å². The molecule has 0 radical (unpaired) electrons. The third kappa shape index (κ3) is 3.31. The molecule has 2 rings (SSSR count). The van der Waals surface area contributed by atoms with Gasteiger partial charge in [-0.15, -0.1) is 0 Å². The summed E-state index contributed by atoms with van der Waals surface area (Å²) < 4.78 is 0. The van der Waals surface area contributed by atoms with Crippen LogP contribution in [0, 0.1) is 13.8 Å². The molecule has 1 aromatic heterocycles. The fourth-order valence-electron chi connectivity index (χ4n) is 1.78. The Labute approximate surface area is 112 Å². The lowest BCUT2D eigenvalue weighted by Crippen LogP contribution is -2.06. The van der Waals surface area contributed by atoms with Crippen LogP contribution in [0.15, 0.2) is 40.4 Å². The molecule has 94 valence electrons. The Bertz CT molecular complexity index is 520. The molecule has 1 N–H and O–H groups in total. The van der Waals surface area contributed by atoms with E-state index >= 15 is 0 Å². The van der Waals surface area contributed by atoms with Gasteiger partial charge in [0.15, 0.2) is 5.16 Å². The molecule has 0 unspecified atom stereocenters. The Balaban J connectivity index is 2.27. The summed E-state index contributed by atoms with van der Waals surface area (Å²) in [6.45, 7) is 4.85. The molecule has 0 fully saturated rings. The summed E-state index contributed by atoms with van der Waals surface area (Å²) in [7, 11) is 1.95. The topological polar surface area (TPSA) is 37.8 Å². The van der Waals surface area contributed by atoms with E-state index in [4.69, 9.17) is 0 Å². The van der Waals surface area contributed by atoms with Crippen LogP contribution < -0.4 is 5.32 Å². The highest BCUT2D eigenvalue weighted by Crippen LogP contribution is 2.28. The SMILES string of the molecule is CNCc1ccccc1Sc1nc(C)cc(C)n1. The van der Waals surface area contributed by atoms with Gasteiger partial charge in [0, 0.05) is 22.8 Å². The molecule has 0 aliphatic rings. The molecule has 0 aliphatic carbocycles. The van der Waals surface area contributed by atoms with Crippen LogP contribution >= 0.6 is 11.8 Å². The van der Waals surface area contributed by atoms with Gasteiger partial charge < -0.3 is 5.32 Å². The minimum absolute atomic E-state index is 0.816. The molecule has 18 heavy (non-hydrogen) atoms. The van der Waals surface area contributed by atoms with Crippen molar-refractivity contribution in [1.82, 2.24) is 15.3 Å². The molecule has 0 atom stereocenters. The van der Waals surface area contributed by atoms with E-state index in [-0.39, 0.29) is 0 Å². The van der Waals surface area contributed by atoms with Gasteiger partial charge in [0.25, 0.3) is 0 Å². The van der Waals surface area contributed by atoms with Crippen LogP contribution in [-0.4, -0.2) is 17.0 Å².